The minimum Gasteiger partial charge on any atom is -0.483 e. The summed E-state index contributed by atoms with van der Waals surface area (Å²) in [7, 11) is 0. The van der Waals surface area contributed by atoms with E-state index in [2.05, 4.69) is 24.5 Å². The molecule has 3 rings (SSSR count). The van der Waals surface area contributed by atoms with Crippen LogP contribution in [0.1, 0.15) is 43.5 Å². The van der Waals surface area contributed by atoms with Crippen molar-refractivity contribution in [2.45, 2.75) is 39.2 Å². The molecule has 1 fully saturated rings. The van der Waals surface area contributed by atoms with Crippen molar-refractivity contribution in [2.24, 2.45) is 11.8 Å². The van der Waals surface area contributed by atoms with Crippen molar-refractivity contribution in [3.63, 3.8) is 0 Å². The number of benzene rings is 2. The van der Waals surface area contributed by atoms with Crippen LogP contribution in [0.3, 0.4) is 0 Å². The Bertz CT molecular complexity index is 807. The zero-order chi connectivity index (χ0) is 19.9. The maximum absolute atomic E-state index is 12.6. The fourth-order valence-electron chi connectivity index (χ4n) is 3.68. The summed E-state index contributed by atoms with van der Waals surface area (Å²) in [6.45, 7) is 4.33. The average molecular weight is 380 g/mol. The van der Waals surface area contributed by atoms with Crippen molar-refractivity contribution in [1.29, 1.82) is 0 Å². The molecule has 2 aromatic carbocycles. The van der Waals surface area contributed by atoms with E-state index in [1.54, 1.807) is 24.3 Å². The van der Waals surface area contributed by atoms with Crippen LogP contribution in [0.4, 0.5) is 5.69 Å². The third-order valence-corrected chi connectivity index (χ3v) is 5.58. The Morgan fingerprint density at radius 2 is 1.71 bits per heavy atom. The van der Waals surface area contributed by atoms with E-state index in [0.29, 0.717) is 28.8 Å². The van der Waals surface area contributed by atoms with Gasteiger partial charge in [0.05, 0.1) is 5.56 Å². The van der Waals surface area contributed by atoms with Crippen LogP contribution in [0.2, 0.25) is 0 Å². The summed E-state index contributed by atoms with van der Waals surface area (Å²) < 4.78 is 5.69. The number of hydrogen-bond acceptors (Lipinski definition) is 3. The standard InChI is InChI=1S/C23H28N2O3/c1-16-9-8-13-20(17(16)2)25-22(26)15-28-21-14-7-6-12-19(21)23(27)24-18-10-4-3-5-11-18/h3-7,10-12,14,16-17,20H,8-9,13,15H2,1-2H3,(H,24,27)(H,25,26)/t16-,17+,20+/m0/s1. The highest BCUT2D eigenvalue weighted by Gasteiger charge is 2.28. The van der Waals surface area contributed by atoms with E-state index < -0.39 is 0 Å². The second-order valence-electron chi connectivity index (χ2n) is 7.55. The third kappa shape index (κ3) is 5.12. The summed E-state index contributed by atoms with van der Waals surface area (Å²) in [5.74, 6) is 1.06. The molecule has 5 nitrogen and oxygen atoms in total. The summed E-state index contributed by atoms with van der Waals surface area (Å²) in [6, 6.07) is 16.4. The van der Waals surface area contributed by atoms with E-state index >= 15 is 0 Å². The molecule has 28 heavy (non-hydrogen) atoms. The first kappa shape index (κ1) is 19.9. The summed E-state index contributed by atoms with van der Waals surface area (Å²) >= 11 is 0. The van der Waals surface area contributed by atoms with Gasteiger partial charge >= 0.3 is 0 Å². The number of hydrogen-bond donors (Lipinski definition) is 2. The van der Waals surface area contributed by atoms with Crippen LogP contribution in [0.15, 0.2) is 54.6 Å². The second kappa shape index (κ2) is 9.40. The van der Waals surface area contributed by atoms with E-state index in [1.807, 2.05) is 30.3 Å². The summed E-state index contributed by atoms with van der Waals surface area (Å²) in [6.07, 6.45) is 3.36. The topological polar surface area (TPSA) is 67.4 Å². The molecular weight excluding hydrogens is 352 g/mol. The molecule has 5 heteroatoms. The van der Waals surface area contributed by atoms with Crippen molar-refractivity contribution in [2.75, 3.05) is 11.9 Å². The number of amides is 2. The molecule has 0 heterocycles. The van der Waals surface area contributed by atoms with Crippen LogP contribution in [0, 0.1) is 11.8 Å². The Hall–Kier alpha value is -2.82. The predicted octanol–water partition coefficient (Wildman–Crippen LogP) is 4.26. The zero-order valence-electron chi connectivity index (χ0n) is 16.5. The maximum Gasteiger partial charge on any atom is 0.259 e. The third-order valence-electron chi connectivity index (χ3n) is 5.58. The molecule has 2 aromatic rings. The van der Waals surface area contributed by atoms with E-state index in [0.717, 1.165) is 12.8 Å². The van der Waals surface area contributed by atoms with Gasteiger partial charge < -0.3 is 15.4 Å². The lowest BCUT2D eigenvalue weighted by molar-refractivity contribution is -0.124. The van der Waals surface area contributed by atoms with Crippen molar-refractivity contribution in [3.8, 4) is 5.75 Å². The maximum atomic E-state index is 12.6. The molecular formula is C23H28N2O3. The van der Waals surface area contributed by atoms with Gasteiger partial charge in [-0.3, -0.25) is 9.59 Å². The van der Waals surface area contributed by atoms with Gasteiger partial charge in [0.25, 0.3) is 11.8 Å². The molecule has 0 radical (unpaired) electrons. The highest BCUT2D eigenvalue weighted by Crippen LogP contribution is 2.29. The average Bonchev–Trinajstić information content (AvgIpc) is 2.71. The Labute approximate surface area is 166 Å². The fraction of sp³-hybridized carbons (Fsp3) is 0.391. The quantitative estimate of drug-likeness (QED) is 0.787. The lowest BCUT2D eigenvalue weighted by Gasteiger charge is -2.34. The number of para-hydroxylation sites is 2. The highest BCUT2D eigenvalue weighted by molar-refractivity contribution is 6.06. The van der Waals surface area contributed by atoms with Crippen molar-refractivity contribution >= 4 is 17.5 Å². The summed E-state index contributed by atoms with van der Waals surface area (Å²) in [5.41, 5.74) is 1.11. The molecule has 3 atom stereocenters. The van der Waals surface area contributed by atoms with Crippen LogP contribution in [0.5, 0.6) is 5.75 Å². The van der Waals surface area contributed by atoms with Crippen molar-refractivity contribution < 1.29 is 14.3 Å². The van der Waals surface area contributed by atoms with Gasteiger partial charge in [-0.05, 0) is 42.5 Å². The van der Waals surface area contributed by atoms with Crippen LogP contribution in [-0.4, -0.2) is 24.5 Å². The molecule has 1 aliphatic rings. The van der Waals surface area contributed by atoms with E-state index in [1.165, 1.54) is 6.42 Å². The number of anilines is 1. The fourth-order valence-corrected chi connectivity index (χ4v) is 3.68. The smallest absolute Gasteiger partial charge is 0.259 e. The molecule has 0 spiro atoms. The molecule has 148 valence electrons. The normalized spacial score (nSPS) is 21.6. The number of ether oxygens (including phenoxy) is 1. The van der Waals surface area contributed by atoms with Gasteiger partial charge in [0.2, 0.25) is 0 Å². The monoisotopic (exact) mass is 380 g/mol. The predicted molar refractivity (Wildman–Crippen MR) is 110 cm³/mol. The number of rotatable bonds is 6. The van der Waals surface area contributed by atoms with Gasteiger partial charge in [-0.2, -0.15) is 0 Å². The first-order chi connectivity index (χ1) is 13.5. The minimum atomic E-state index is -0.267. The first-order valence-corrected chi connectivity index (χ1v) is 9.92. The van der Waals surface area contributed by atoms with E-state index in [-0.39, 0.29) is 24.5 Å². The van der Waals surface area contributed by atoms with Crippen LogP contribution < -0.4 is 15.4 Å². The Morgan fingerprint density at radius 3 is 2.50 bits per heavy atom. The molecule has 0 bridgehead atoms. The van der Waals surface area contributed by atoms with Crippen LogP contribution in [-0.2, 0) is 4.79 Å². The second-order valence-corrected chi connectivity index (χ2v) is 7.55. The lowest BCUT2D eigenvalue weighted by Crippen LogP contribution is -2.45. The summed E-state index contributed by atoms with van der Waals surface area (Å²) in [5, 5.41) is 5.94. The zero-order valence-corrected chi connectivity index (χ0v) is 16.5. The van der Waals surface area contributed by atoms with Gasteiger partial charge in [-0.1, -0.05) is 57.0 Å². The highest BCUT2D eigenvalue weighted by atomic mass is 16.5. The van der Waals surface area contributed by atoms with Crippen molar-refractivity contribution in [1.82, 2.24) is 5.32 Å². The van der Waals surface area contributed by atoms with Gasteiger partial charge in [0, 0.05) is 11.7 Å². The minimum absolute atomic E-state index is 0.104. The Morgan fingerprint density at radius 1 is 1.00 bits per heavy atom. The lowest BCUT2D eigenvalue weighted by atomic mass is 9.78. The SMILES string of the molecule is C[C@@H]1[C@@H](C)CCC[C@H]1NC(=O)COc1ccccc1C(=O)Nc1ccccc1. The van der Waals surface area contributed by atoms with Gasteiger partial charge in [-0.25, -0.2) is 0 Å². The largest absolute Gasteiger partial charge is 0.483 e. The molecule has 0 aliphatic heterocycles. The summed E-state index contributed by atoms with van der Waals surface area (Å²) in [4.78, 5) is 25.0. The Balaban J connectivity index is 1.58. The van der Waals surface area contributed by atoms with Crippen molar-refractivity contribution in [3.05, 3.63) is 60.2 Å². The molecule has 2 N–H and O–H groups in total. The van der Waals surface area contributed by atoms with E-state index in [9.17, 15) is 9.59 Å². The molecule has 1 aliphatic carbocycles. The van der Waals surface area contributed by atoms with Crippen LogP contribution in [0.25, 0.3) is 0 Å². The molecule has 0 aromatic heterocycles. The number of carbonyl (C=O) groups is 2. The molecule has 0 unspecified atom stereocenters. The molecule has 2 amide bonds. The van der Waals surface area contributed by atoms with E-state index in [4.69, 9.17) is 4.74 Å². The Kier molecular flexibility index (Phi) is 6.69. The molecule has 1 saturated carbocycles. The van der Waals surface area contributed by atoms with Gasteiger partial charge in [0.1, 0.15) is 5.75 Å². The number of carbonyl (C=O) groups excluding carboxylic acids is 2. The first-order valence-electron chi connectivity index (χ1n) is 9.92. The number of nitrogens with one attached hydrogen (secondary N) is 2. The van der Waals surface area contributed by atoms with Gasteiger partial charge in [-0.15, -0.1) is 0 Å². The van der Waals surface area contributed by atoms with Gasteiger partial charge in [0.15, 0.2) is 6.61 Å². The van der Waals surface area contributed by atoms with Crippen LogP contribution >= 0.6 is 0 Å². The molecule has 0 saturated heterocycles.